The molecule has 0 spiro atoms. The van der Waals surface area contributed by atoms with E-state index in [-0.39, 0.29) is 19.0 Å². The van der Waals surface area contributed by atoms with E-state index in [0.717, 1.165) is 10.5 Å². The summed E-state index contributed by atoms with van der Waals surface area (Å²) in [5, 5.41) is 2.67. The summed E-state index contributed by atoms with van der Waals surface area (Å²) in [6, 6.07) is 4.49. The van der Waals surface area contributed by atoms with E-state index in [1.807, 2.05) is 0 Å². The highest BCUT2D eigenvalue weighted by atomic mass is 16.5. The third-order valence-electron chi connectivity index (χ3n) is 4.27. The normalized spacial score (nSPS) is 13.9. The Morgan fingerprint density at radius 3 is 2.59 bits per heavy atom. The van der Waals surface area contributed by atoms with Gasteiger partial charge in [-0.15, -0.1) is 0 Å². The molecule has 9 nitrogen and oxygen atoms in total. The van der Waals surface area contributed by atoms with Gasteiger partial charge in [-0.3, -0.25) is 19.3 Å². The number of methoxy groups -OCH3 is 1. The molecule has 5 amide bonds. The molecule has 0 bridgehead atoms. The molecule has 1 aromatic carbocycles. The number of benzene rings is 1. The van der Waals surface area contributed by atoms with E-state index in [0.29, 0.717) is 24.4 Å². The Hall–Kier alpha value is -2.94. The number of ether oxygens (including phenoxy) is 1. The quantitative estimate of drug-likeness (QED) is 0.701. The van der Waals surface area contributed by atoms with Gasteiger partial charge in [-0.1, -0.05) is 6.07 Å². The second kappa shape index (κ2) is 8.63. The maximum atomic E-state index is 12.5. The van der Waals surface area contributed by atoms with Gasteiger partial charge in [0.2, 0.25) is 5.91 Å². The van der Waals surface area contributed by atoms with Crippen LogP contribution in [-0.2, 0) is 14.3 Å². The van der Waals surface area contributed by atoms with Gasteiger partial charge < -0.3 is 19.9 Å². The van der Waals surface area contributed by atoms with Gasteiger partial charge in [0.25, 0.3) is 11.8 Å². The second-order valence-corrected chi connectivity index (χ2v) is 6.42. The first-order chi connectivity index (χ1) is 12.7. The number of imide groups is 1. The second-order valence-electron chi connectivity index (χ2n) is 6.42. The van der Waals surface area contributed by atoms with Gasteiger partial charge >= 0.3 is 6.03 Å². The predicted molar refractivity (Wildman–Crippen MR) is 98.4 cm³/mol. The summed E-state index contributed by atoms with van der Waals surface area (Å²) in [7, 11) is 4.73. The molecule has 1 saturated heterocycles. The van der Waals surface area contributed by atoms with Crippen molar-refractivity contribution < 1.29 is 23.9 Å². The minimum Gasteiger partial charge on any atom is -0.383 e. The van der Waals surface area contributed by atoms with Crippen LogP contribution in [0.1, 0.15) is 15.9 Å². The van der Waals surface area contributed by atoms with Crippen molar-refractivity contribution in [1.29, 1.82) is 0 Å². The van der Waals surface area contributed by atoms with Gasteiger partial charge in [-0.25, -0.2) is 4.79 Å². The van der Waals surface area contributed by atoms with E-state index in [1.54, 1.807) is 39.3 Å². The lowest BCUT2D eigenvalue weighted by Crippen LogP contribution is -2.38. The van der Waals surface area contributed by atoms with Crippen molar-refractivity contribution in [2.75, 3.05) is 52.8 Å². The van der Waals surface area contributed by atoms with E-state index >= 15 is 0 Å². The largest absolute Gasteiger partial charge is 0.383 e. The molecule has 0 unspecified atom stereocenters. The molecule has 1 N–H and O–H groups in total. The van der Waals surface area contributed by atoms with Crippen LogP contribution in [-0.4, -0.2) is 85.9 Å². The minimum absolute atomic E-state index is 0.0388. The van der Waals surface area contributed by atoms with Crippen LogP contribution in [0, 0.1) is 6.92 Å². The Morgan fingerprint density at radius 1 is 1.30 bits per heavy atom. The average molecular weight is 376 g/mol. The molecule has 1 aliphatic rings. The topological polar surface area (TPSA) is 99.3 Å². The maximum absolute atomic E-state index is 12.5. The summed E-state index contributed by atoms with van der Waals surface area (Å²) in [6.45, 7) is 2.25. The van der Waals surface area contributed by atoms with Crippen molar-refractivity contribution in [2.45, 2.75) is 6.92 Å². The number of likely N-dealkylation sites (N-methyl/N-ethyl adjacent to an activating group) is 2. The molecular formula is C18H24N4O5. The number of hydrogen-bond donors (Lipinski definition) is 1. The molecule has 1 aromatic rings. The summed E-state index contributed by atoms with van der Waals surface area (Å²) in [6.07, 6.45) is 0. The van der Waals surface area contributed by atoms with Crippen molar-refractivity contribution in [2.24, 2.45) is 0 Å². The number of nitrogens with one attached hydrogen (secondary N) is 1. The van der Waals surface area contributed by atoms with Gasteiger partial charge in [0.1, 0.15) is 13.1 Å². The molecule has 2 rings (SSSR count). The Bertz CT molecular complexity index is 764. The van der Waals surface area contributed by atoms with Crippen LogP contribution < -0.4 is 5.32 Å². The molecule has 1 aliphatic heterocycles. The van der Waals surface area contributed by atoms with Crippen molar-refractivity contribution in [3.05, 3.63) is 29.3 Å². The number of rotatable bonds is 7. The van der Waals surface area contributed by atoms with Gasteiger partial charge in [-0.2, -0.15) is 0 Å². The van der Waals surface area contributed by atoms with Gasteiger partial charge in [0.15, 0.2) is 0 Å². The Morgan fingerprint density at radius 2 is 2.00 bits per heavy atom. The Labute approximate surface area is 157 Å². The molecule has 0 saturated carbocycles. The summed E-state index contributed by atoms with van der Waals surface area (Å²) in [5.74, 6) is -1.13. The summed E-state index contributed by atoms with van der Waals surface area (Å²) in [5.41, 5.74) is 1.64. The fourth-order valence-electron chi connectivity index (χ4n) is 2.60. The molecular weight excluding hydrogens is 352 g/mol. The van der Waals surface area contributed by atoms with E-state index in [4.69, 9.17) is 4.74 Å². The highest BCUT2D eigenvalue weighted by Crippen LogP contribution is 2.18. The number of amides is 5. The van der Waals surface area contributed by atoms with E-state index in [9.17, 15) is 19.2 Å². The Kier molecular flexibility index (Phi) is 6.51. The molecule has 0 aromatic heterocycles. The van der Waals surface area contributed by atoms with Crippen LogP contribution in [0.15, 0.2) is 18.2 Å². The lowest BCUT2D eigenvalue weighted by atomic mass is 10.1. The Balaban J connectivity index is 2.07. The lowest BCUT2D eigenvalue weighted by Gasteiger charge is -2.18. The van der Waals surface area contributed by atoms with Gasteiger partial charge in [0, 0.05) is 39.0 Å². The van der Waals surface area contributed by atoms with E-state index in [2.05, 4.69) is 5.32 Å². The molecule has 0 atom stereocenters. The maximum Gasteiger partial charge on any atom is 0.327 e. The van der Waals surface area contributed by atoms with Crippen molar-refractivity contribution >= 4 is 29.4 Å². The monoisotopic (exact) mass is 376 g/mol. The SMILES string of the molecule is COCCN(C)C(=O)c1ccc(C)c(NC(=O)CN2C(=O)CN(C)C2=O)c1. The number of carbonyl (C=O) groups excluding carboxylic acids is 4. The van der Waals surface area contributed by atoms with Crippen molar-refractivity contribution in [1.82, 2.24) is 14.7 Å². The van der Waals surface area contributed by atoms with Gasteiger partial charge in [-0.05, 0) is 24.6 Å². The number of nitrogens with zero attached hydrogens (tertiary/aromatic N) is 3. The van der Waals surface area contributed by atoms with Crippen LogP contribution in [0.5, 0.6) is 0 Å². The summed E-state index contributed by atoms with van der Waals surface area (Å²) in [4.78, 5) is 52.1. The van der Waals surface area contributed by atoms with Crippen LogP contribution in [0.2, 0.25) is 0 Å². The minimum atomic E-state index is -0.507. The molecule has 1 heterocycles. The highest BCUT2D eigenvalue weighted by molar-refractivity contribution is 6.06. The molecule has 0 aliphatic carbocycles. The van der Waals surface area contributed by atoms with Crippen molar-refractivity contribution in [3.8, 4) is 0 Å². The summed E-state index contributed by atoms with van der Waals surface area (Å²) >= 11 is 0. The zero-order valence-corrected chi connectivity index (χ0v) is 15.9. The van der Waals surface area contributed by atoms with Crippen molar-refractivity contribution in [3.63, 3.8) is 0 Å². The lowest BCUT2D eigenvalue weighted by molar-refractivity contribution is -0.129. The zero-order chi connectivity index (χ0) is 20.1. The smallest absolute Gasteiger partial charge is 0.327 e. The number of carbonyl (C=O) groups is 4. The molecule has 1 fully saturated rings. The number of hydrogen-bond acceptors (Lipinski definition) is 5. The first-order valence-corrected chi connectivity index (χ1v) is 8.45. The zero-order valence-electron chi connectivity index (χ0n) is 15.9. The van der Waals surface area contributed by atoms with Crippen LogP contribution in [0.25, 0.3) is 0 Å². The predicted octanol–water partition coefficient (Wildman–Crippen LogP) is 0.546. The molecule has 0 radical (unpaired) electrons. The molecule has 27 heavy (non-hydrogen) atoms. The first kappa shape index (κ1) is 20.4. The molecule has 9 heteroatoms. The van der Waals surface area contributed by atoms with E-state index in [1.165, 1.54) is 16.8 Å². The summed E-state index contributed by atoms with van der Waals surface area (Å²) < 4.78 is 4.97. The van der Waals surface area contributed by atoms with Crippen LogP contribution in [0.4, 0.5) is 10.5 Å². The average Bonchev–Trinajstić information content (AvgIpc) is 2.87. The number of anilines is 1. The third-order valence-corrected chi connectivity index (χ3v) is 4.27. The first-order valence-electron chi connectivity index (χ1n) is 8.45. The number of aryl methyl sites for hydroxylation is 1. The molecule has 146 valence electrons. The fraction of sp³-hybridized carbons (Fsp3) is 0.444. The van der Waals surface area contributed by atoms with Gasteiger partial charge in [0.05, 0.1) is 6.61 Å². The fourth-order valence-corrected chi connectivity index (χ4v) is 2.60. The third kappa shape index (κ3) is 4.82. The van der Waals surface area contributed by atoms with Crippen LogP contribution in [0.3, 0.4) is 0 Å². The standard InChI is InChI=1S/C18H24N4O5/c1-12-5-6-13(17(25)20(2)7-8-27-4)9-14(12)19-15(23)10-22-16(24)11-21(3)18(22)26/h5-6,9H,7-8,10-11H2,1-4H3,(H,19,23). The highest BCUT2D eigenvalue weighted by Gasteiger charge is 2.34. The van der Waals surface area contributed by atoms with Crippen LogP contribution >= 0.6 is 0 Å². The number of urea groups is 1. The van der Waals surface area contributed by atoms with E-state index < -0.39 is 17.8 Å².